The standard InChI is InChI=1S/C13H23BrN2S/c1-10(6-7-15)8-16-9-13(2,3)11-4-5-12(14)17-11/h4-5,10,16H,6-9,15H2,1-3H3. The number of hydrogen-bond acceptors (Lipinski definition) is 3. The van der Waals surface area contributed by atoms with Gasteiger partial charge in [-0.2, -0.15) is 0 Å². The summed E-state index contributed by atoms with van der Waals surface area (Å²) in [6.45, 7) is 9.65. The molecule has 0 bridgehead atoms. The van der Waals surface area contributed by atoms with Crippen molar-refractivity contribution in [3.05, 3.63) is 20.8 Å². The zero-order chi connectivity index (χ0) is 12.9. The summed E-state index contributed by atoms with van der Waals surface area (Å²) in [4.78, 5) is 1.42. The molecule has 1 aromatic rings. The van der Waals surface area contributed by atoms with Crippen LogP contribution < -0.4 is 11.1 Å². The normalized spacial score (nSPS) is 13.9. The van der Waals surface area contributed by atoms with Crippen LogP contribution in [0.3, 0.4) is 0 Å². The average molecular weight is 319 g/mol. The minimum Gasteiger partial charge on any atom is -0.330 e. The molecule has 0 spiro atoms. The van der Waals surface area contributed by atoms with E-state index in [1.165, 1.54) is 8.66 Å². The second kappa shape index (κ2) is 6.88. The highest BCUT2D eigenvalue weighted by atomic mass is 79.9. The van der Waals surface area contributed by atoms with Gasteiger partial charge in [0, 0.05) is 16.8 Å². The molecule has 0 amide bonds. The fourth-order valence-corrected chi connectivity index (χ4v) is 3.27. The molecule has 17 heavy (non-hydrogen) atoms. The summed E-state index contributed by atoms with van der Waals surface area (Å²) < 4.78 is 1.21. The van der Waals surface area contributed by atoms with Crippen molar-refractivity contribution in [2.45, 2.75) is 32.6 Å². The third-order valence-corrected chi connectivity index (χ3v) is 4.95. The highest BCUT2D eigenvalue weighted by molar-refractivity contribution is 9.11. The molecule has 0 saturated carbocycles. The van der Waals surface area contributed by atoms with Crippen LogP contribution in [0.4, 0.5) is 0 Å². The van der Waals surface area contributed by atoms with E-state index in [1.807, 2.05) is 11.3 Å². The molecule has 0 fully saturated rings. The van der Waals surface area contributed by atoms with Crippen molar-refractivity contribution >= 4 is 27.3 Å². The summed E-state index contributed by atoms with van der Waals surface area (Å²) in [5, 5.41) is 3.55. The lowest BCUT2D eigenvalue weighted by molar-refractivity contribution is 0.426. The molecule has 98 valence electrons. The third kappa shape index (κ3) is 5.08. The molecule has 0 aliphatic carbocycles. The van der Waals surface area contributed by atoms with E-state index in [0.717, 1.165) is 26.1 Å². The van der Waals surface area contributed by atoms with Gasteiger partial charge in [0.15, 0.2) is 0 Å². The van der Waals surface area contributed by atoms with Gasteiger partial charge in [-0.15, -0.1) is 11.3 Å². The summed E-state index contributed by atoms with van der Waals surface area (Å²) in [6.07, 6.45) is 1.10. The van der Waals surface area contributed by atoms with Gasteiger partial charge in [0.05, 0.1) is 3.79 Å². The fourth-order valence-electron chi connectivity index (χ4n) is 1.78. The number of hydrogen-bond donors (Lipinski definition) is 2. The Balaban J connectivity index is 2.39. The monoisotopic (exact) mass is 318 g/mol. The first-order valence-electron chi connectivity index (χ1n) is 6.12. The molecule has 0 saturated heterocycles. The van der Waals surface area contributed by atoms with Crippen LogP contribution in [0.15, 0.2) is 15.9 Å². The number of thiophene rings is 1. The Hall–Kier alpha value is 0.1000. The van der Waals surface area contributed by atoms with Crippen molar-refractivity contribution in [1.82, 2.24) is 5.32 Å². The van der Waals surface area contributed by atoms with Gasteiger partial charge in [0.25, 0.3) is 0 Å². The van der Waals surface area contributed by atoms with Gasteiger partial charge in [-0.25, -0.2) is 0 Å². The first-order valence-corrected chi connectivity index (χ1v) is 7.73. The first-order chi connectivity index (χ1) is 7.95. The Morgan fingerprint density at radius 3 is 2.71 bits per heavy atom. The van der Waals surface area contributed by atoms with Gasteiger partial charge in [-0.3, -0.25) is 0 Å². The summed E-state index contributed by atoms with van der Waals surface area (Å²) in [7, 11) is 0. The van der Waals surface area contributed by atoms with Gasteiger partial charge in [-0.1, -0.05) is 20.8 Å². The summed E-state index contributed by atoms with van der Waals surface area (Å²) in [5.74, 6) is 0.658. The maximum atomic E-state index is 5.55. The van der Waals surface area contributed by atoms with E-state index in [4.69, 9.17) is 5.73 Å². The molecule has 0 radical (unpaired) electrons. The Bertz CT molecular complexity index is 336. The molecule has 3 N–H and O–H groups in total. The van der Waals surface area contributed by atoms with E-state index < -0.39 is 0 Å². The Morgan fingerprint density at radius 2 is 2.18 bits per heavy atom. The van der Waals surface area contributed by atoms with Crippen molar-refractivity contribution in [3.63, 3.8) is 0 Å². The van der Waals surface area contributed by atoms with Crippen LogP contribution in [0.1, 0.15) is 32.1 Å². The molecule has 1 atom stereocenters. The lowest BCUT2D eigenvalue weighted by Gasteiger charge is -2.24. The number of halogens is 1. The molecular weight excluding hydrogens is 296 g/mol. The van der Waals surface area contributed by atoms with E-state index in [0.29, 0.717) is 5.92 Å². The van der Waals surface area contributed by atoms with Crippen molar-refractivity contribution in [2.24, 2.45) is 11.7 Å². The zero-order valence-corrected chi connectivity index (χ0v) is 13.3. The lowest BCUT2D eigenvalue weighted by Crippen LogP contribution is -2.35. The van der Waals surface area contributed by atoms with Gasteiger partial charge in [0.2, 0.25) is 0 Å². The molecule has 0 aliphatic rings. The Labute approximate surface area is 117 Å². The molecule has 4 heteroatoms. The smallest absolute Gasteiger partial charge is 0.0701 e. The van der Waals surface area contributed by atoms with Crippen LogP contribution in [-0.2, 0) is 5.41 Å². The quantitative estimate of drug-likeness (QED) is 0.809. The molecule has 2 nitrogen and oxygen atoms in total. The van der Waals surface area contributed by atoms with Gasteiger partial charge < -0.3 is 11.1 Å². The predicted octanol–water partition coefficient (Wildman–Crippen LogP) is 3.36. The second-order valence-electron chi connectivity index (χ2n) is 5.30. The SMILES string of the molecule is CC(CCN)CNCC(C)(C)c1ccc(Br)s1. The molecule has 1 rings (SSSR count). The maximum absolute atomic E-state index is 5.55. The summed E-state index contributed by atoms with van der Waals surface area (Å²) in [5.41, 5.74) is 5.74. The van der Waals surface area contributed by atoms with Crippen LogP contribution in [0.5, 0.6) is 0 Å². The van der Waals surface area contributed by atoms with Gasteiger partial charge in [0.1, 0.15) is 0 Å². The van der Waals surface area contributed by atoms with Crippen LogP contribution >= 0.6 is 27.3 Å². The molecule has 0 aromatic carbocycles. The predicted molar refractivity (Wildman–Crippen MR) is 80.8 cm³/mol. The summed E-state index contributed by atoms with van der Waals surface area (Å²) in [6, 6.07) is 4.33. The first kappa shape index (κ1) is 15.2. The maximum Gasteiger partial charge on any atom is 0.0701 e. The van der Waals surface area contributed by atoms with E-state index in [2.05, 4.69) is 54.2 Å². The highest BCUT2D eigenvalue weighted by Crippen LogP contribution is 2.32. The van der Waals surface area contributed by atoms with Crippen LogP contribution in [0.2, 0.25) is 0 Å². The minimum absolute atomic E-state index is 0.194. The van der Waals surface area contributed by atoms with Crippen molar-refractivity contribution in [2.75, 3.05) is 19.6 Å². The average Bonchev–Trinajstić information content (AvgIpc) is 2.65. The summed E-state index contributed by atoms with van der Waals surface area (Å²) >= 11 is 5.34. The largest absolute Gasteiger partial charge is 0.330 e. The van der Waals surface area contributed by atoms with Crippen LogP contribution in [-0.4, -0.2) is 19.6 Å². The Morgan fingerprint density at radius 1 is 1.47 bits per heavy atom. The van der Waals surface area contributed by atoms with E-state index in [9.17, 15) is 0 Å². The highest BCUT2D eigenvalue weighted by Gasteiger charge is 2.22. The van der Waals surface area contributed by atoms with E-state index in [-0.39, 0.29) is 5.41 Å². The van der Waals surface area contributed by atoms with E-state index >= 15 is 0 Å². The molecule has 1 unspecified atom stereocenters. The number of nitrogens with two attached hydrogens (primary N) is 1. The van der Waals surface area contributed by atoms with Crippen molar-refractivity contribution < 1.29 is 0 Å². The number of rotatable bonds is 7. The second-order valence-corrected chi connectivity index (χ2v) is 7.76. The molecule has 1 aromatic heterocycles. The van der Waals surface area contributed by atoms with E-state index in [1.54, 1.807) is 0 Å². The van der Waals surface area contributed by atoms with Crippen LogP contribution in [0, 0.1) is 5.92 Å². The Kier molecular flexibility index (Phi) is 6.13. The van der Waals surface area contributed by atoms with Crippen molar-refractivity contribution in [3.8, 4) is 0 Å². The molecule has 1 heterocycles. The van der Waals surface area contributed by atoms with Gasteiger partial charge in [-0.05, 0) is 53.5 Å². The molecular formula is C13H23BrN2S. The fraction of sp³-hybridized carbons (Fsp3) is 0.692. The number of nitrogens with one attached hydrogen (secondary N) is 1. The molecule has 0 aliphatic heterocycles. The zero-order valence-electron chi connectivity index (χ0n) is 10.9. The van der Waals surface area contributed by atoms with Crippen molar-refractivity contribution in [1.29, 1.82) is 0 Å². The van der Waals surface area contributed by atoms with Crippen LogP contribution in [0.25, 0.3) is 0 Å². The van der Waals surface area contributed by atoms with Gasteiger partial charge >= 0.3 is 0 Å². The minimum atomic E-state index is 0.194. The topological polar surface area (TPSA) is 38.0 Å². The lowest BCUT2D eigenvalue weighted by atomic mass is 9.91. The third-order valence-electron chi connectivity index (χ3n) is 2.96.